The van der Waals surface area contributed by atoms with E-state index in [1.807, 2.05) is 0 Å². The van der Waals surface area contributed by atoms with E-state index in [4.69, 9.17) is 5.73 Å². The second-order valence-corrected chi connectivity index (χ2v) is 7.44. The maximum Gasteiger partial charge on any atom is 0.223 e. The van der Waals surface area contributed by atoms with Crippen LogP contribution in [0.5, 0.6) is 0 Å². The fraction of sp³-hybridized carbons (Fsp3) is 0.941. The van der Waals surface area contributed by atoms with Gasteiger partial charge in [0.15, 0.2) is 0 Å². The summed E-state index contributed by atoms with van der Waals surface area (Å²) in [5.41, 5.74) is 5.80. The van der Waals surface area contributed by atoms with Crippen LogP contribution < -0.4 is 11.1 Å². The summed E-state index contributed by atoms with van der Waals surface area (Å²) in [5.74, 6) is 1.78. The molecule has 0 bridgehead atoms. The molecule has 1 unspecified atom stereocenters. The molecule has 2 aliphatic carbocycles. The molecule has 6 heteroatoms. The molecule has 0 aromatic rings. The van der Waals surface area contributed by atoms with E-state index in [1.54, 1.807) is 0 Å². The minimum absolute atomic E-state index is 0. The number of carbonyl (C=O) groups is 1. The average molecular weight is 366 g/mol. The zero-order valence-electron chi connectivity index (χ0n) is 14.0. The van der Waals surface area contributed by atoms with Gasteiger partial charge in [0.25, 0.3) is 0 Å². The molecule has 4 nitrogen and oxygen atoms in total. The molecule has 3 N–H and O–H groups in total. The summed E-state index contributed by atoms with van der Waals surface area (Å²) in [6.07, 6.45) is 10.1. The molecular formula is C17H33Cl2N3O. The van der Waals surface area contributed by atoms with Crippen molar-refractivity contribution in [1.82, 2.24) is 10.2 Å². The first-order chi connectivity index (χ1) is 10.3. The number of nitrogens with zero attached hydrogens (tertiary/aromatic N) is 1. The first-order valence-corrected chi connectivity index (χ1v) is 8.99. The molecule has 0 radical (unpaired) electrons. The molecule has 3 aliphatic rings. The number of hydrogen-bond acceptors (Lipinski definition) is 3. The first-order valence-electron chi connectivity index (χ1n) is 8.99. The van der Waals surface area contributed by atoms with Crippen molar-refractivity contribution in [3.8, 4) is 0 Å². The number of likely N-dealkylation sites (tertiary alicyclic amines) is 1. The molecule has 3 atom stereocenters. The molecule has 0 aromatic heterocycles. The minimum Gasteiger partial charge on any atom is -0.352 e. The van der Waals surface area contributed by atoms with E-state index in [0.29, 0.717) is 18.5 Å². The third-order valence-electron chi connectivity index (χ3n) is 5.91. The van der Waals surface area contributed by atoms with Gasteiger partial charge in [-0.05, 0) is 50.5 Å². The van der Waals surface area contributed by atoms with E-state index in [-0.39, 0.29) is 36.6 Å². The van der Waals surface area contributed by atoms with Gasteiger partial charge in [-0.25, -0.2) is 0 Å². The summed E-state index contributed by atoms with van der Waals surface area (Å²) < 4.78 is 0. The Morgan fingerprint density at radius 3 is 2.48 bits per heavy atom. The normalized spacial score (nSPS) is 31.6. The van der Waals surface area contributed by atoms with Gasteiger partial charge in [0.1, 0.15) is 0 Å². The van der Waals surface area contributed by atoms with Crippen molar-refractivity contribution in [1.29, 1.82) is 0 Å². The molecule has 3 rings (SSSR count). The molecule has 2 saturated carbocycles. The number of carbonyl (C=O) groups excluding carboxylic acids is 1. The highest BCUT2D eigenvalue weighted by Gasteiger charge is 2.34. The lowest BCUT2D eigenvalue weighted by Gasteiger charge is -2.22. The van der Waals surface area contributed by atoms with Crippen molar-refractivity contribution in [3.63, 3.8) is 0 Å². The Labute approximate surface area is 153 Å². The van der Waals surface area contributed by atoms with Gasteiger partial charge < -0.3 is 16.0 Å². The first kappa shape index (κ1) is 21.0. The minimum atomic E-state index is 0. The molecule has 1 amide bonds. The van der Waals surface area contributed by atoms with Crippen molar-refractivity contribution in [3.05, 3.63) is 0 Å². The van der Waals surface area contributed by atoms with E-state index in [1.165, 1.54) is 38.6 Å². The standard InChI is InChI=1S/C17H31N3O.2ClH/c18-10-14-6-3-7-16(14)17(21)19-15-8-9-20(12-15)11-13-4-1-2-5-13;;/h13-16H,1-12,18H2,(H,19,21);2*1H/t14-,15?,16-;;/m1../s1. The van der Waals surface area contributed by atoms with E-state index >= 15 is 0 Å². The second-order valence-electron chi connectivity index (χ2n) is 7.44. The predicted octanol–water partition coefficient (Wildman–Crippen LogP) is 2.59. The number of rotatable bonds is 5. The van der Waals surface area contributed by atoms with Gasteiger partial charge in [-0.3, -0.25) is 4.79 Å². The monoisotopic (exact) mass is 365 g/mol. The molecule has 1 heterocycles. The fourth-order valence-corrected chi connectivity index (χ4v) is 4.65. The van der Waals surface area contributed by atoms with Crippen LogP contribution in [0.3, 0.4) is 0 Å². The van der Waals surface area contributed by atoms with Crippen LogP contribution >= 0.6 is 24.8 Å². The Hall–Kier alpha value is -0.0300. The highest BCUT2D eigenvalue weighted by molar-refractivity contribution is 5.85. The number of halogens is 2. The van der Waals surface area contributed by atoms with Crippen LogP contribution in [0.1, 0.15) is 51.4 Å². The van der Waals surface area contributed by atoms with E-state index in [0.717, 1.165) is 38.3 Å². The molecule has 136 valence electrons. The van der Waals surface area contributed by atoms with Crippen LogP contribution in [-0.2, 0) is 4.79 Å². The Bertz CT molecular complexity index is 364. The molecule has 1 saturated heterocycles. The van der Waals surface area contributed by atoms with Crippen molar-refractivity contribution in [2.24, 2.45) is 23.5 Å². The summed E-state index contributed by atoms with van der Waals surface area (Å²) in [4.78, 5) is 15.0. The Kier molecular flexibility index (Phi) is 9.20. The Morgan fingerprint density at radius 2 is 1.78 bits per heavy atom. The van der Waals surface area contributed by atoms with E-state index in [2.05, 4.69) is 10.2 Å². The maximum atomic E-state index is 12.4. The quantitative estimate of drug-likeness (QED) is 0.786. The van der Waals surface area contributed by atoms with Gasteiger partial charge in [-0.1, -0.05) is 19.3 Å². The number of amides is 1. The molecule has 23 heavy (non-hydrogen) atoms. The van der Waals surface area contributed by atoms with Crippen LogP contribution in [0.4, 0.5) is 0 Å². The molecule has 0 spiro atoms. The SMILES string of the molecule is Cl.Cl.NC[C@H]1CCC[C@H]1C(=O)NC1CCN(CC2CCCC2)C1. The topological polar surface area (TPSA) is 58.4 Å². The molecular weight excluding hydrogens is 333 g/mol. The van der Waals surface area contributed by atoms with Gasteiger partial charge in [0.05, 0.1) is 0 Å². The second kappa shape index (κ2) is 10.1. The van der Waals surface area contributed by atoms with Gasteiger partial charge in [0.2, 0.25) is 5.91 Å². The zero-order valence-corrected chi connectivity index (χ0v) is 15.7. The molecule has 0 aromatic carbocycles. The lowest BCUT2D eigenvalue weighted by molar-refractivity contribution is -0.126. The number of nitrogens with two attached hydrogens (primary N) is 1. The maximum absolute atomic E-state index is 12.4. The van der Waals surface area contributed by atoms with Crippen LogP contribution in [-0.4, -0.2) is 43.0 Å². The van der Waals surface area contributed by atoms with E-state index in [9.17, 15) is 4.79 Å². The van der Waals surface area contributed by atoms with Gasteiger partial charge in [0, 0.05) is 31.6 Å². The average Bonchev–Trinajstić information content (AvgIpc) is 3.20. The van der Waals surface area contributed by atoms with Gasteiger partial charge in [-0.15, -0.1) is 24.8 Å². The summed E-state index contributed by atoms with van der Waals surface area (Å²) in [6.45, 7) is 4.13. The van der Waals surface area contributed by atoms with Crippen molar-refractivity contribution < 1.29 is 4.79 Å². The van der Waals surface area contributed by atoms with Crippen molar-refractivity contribution >= 4 is 30.7 Å². The lowest BCUT2D eigenvalue weighted by Crippen LogP contribution is -2.42. The smallest absolute Gasteiger partial charge is 0.223 e. The molecule has 3 fully saturated rings. The largest absolute Gasteiger partial charge is 0.352 e. The third kappa shape index (κ3) is 5.48. The number of nitrogens with one attached hydrogen (secondary N) is 1. The third-order valence-corrected chi connectivity index (χ3v) is 5.91. The van der Waals surface area contributed by atoms with Crippen LogP contribution in [0.2, 0.25) is 0 Å². The zero-order chi connectivity index (χ0) is 14.7. The lowest BCUT2D eigenvalue weighted by atomic mass is 9.95. The van der Waals surface area contributed by atoms with Crippen molar-refractivity contribution in [2.45, 2.75) is 57.4 Å². The summed E-state index contributed by atoms with van der Waals surface area (Å²) in [6, 6.07) is 0.373. The highest BCUT2D eigenvalue weighted by atomic mass is 35.5. The van der Waals surface area contributed by atoms with Crippen LogP contribution in [0, 0.1) is 17.8 Å². The summed E-state index contributed by atoms with van der Waals surface area (Å²) >= 11 is 0. The fourth-order valence-electron chi connectivity index (χ4n) is 4.65. The van der Waals surface area contributed by atoms with Gasteiger partial charge in [-0.2, -0.15) is 0 Å². The molecule has 1 aliphatic heterocycles. The number of hydrogen-bond donors (Lipinski definition) is 2. The predicted molar refractivity (Wildman–Crippen MR) is 99.3 cm³/mol. The van der Waals surface area contributed by atoms with E-state index < -0.39 is 0 Å². The summed E-state index contributed by atoms with van der Waals surface area (Å²) in [7, 11) is 0. The van der Waals surface area contributed by atoms with Crippen LogP contribution in [0.25, 0.3) is 0 Å². The Morgan fingerprint density at radius 1 is 1.04 bits per heavy atom. The summed E-state index contributed by atoms with van der Waals surface area (Å²) in [5, 5.41) is 3.30. The van der Waals surface area contributed by atoms with Crippen LogP contribution in [0.15, 0.2) is 0 Å². The highest BCUT2D eigenvalue weighted by Crippen LogP contribution is 2.31. The van der Waals surface area contributed by atoms with Crippen molar-refractivity contribution in [2.75, 3.05) is 26.2 Å². The Balaban J connectivity index is 0.00000132. The van der Waals surface area contributed by atoms with Gasteiger partial charge >= 0.3 is 0 Å².